The van der Waals surface area contributed by atoms with Crippen LogP contribution in [0.2, 0.25) is 0 Å². The number of pyridine rings is 1. The second-order valence-corrected chi connectivity index (χ2v) is 7.19. The third-order valence-corrected chi connectivity index (χ3v) is 4.71. The van der Waals surface area contributed by atoms with Crippen LogP contribution in [0.3, 0.4) is 0 Å². The Hall–Kier alpha value is -2.41. The molecule has 1 aromatic heterocycles. The molecule has 3 aromatic rings. The monoisotopic (exact) mass is 348 g/mol. The van der Waals surface area contributed by atoms with Gasteiger partial charge in [-0.05, 0) is 71.1 Å². The second kappa shape index (κ2) is 7.45. The number of aromatic nitrogens is 1. The van der Waals surface area contributed by atoms with E-state index in [2.05, 4.69) is 4.98 Å². The maximum Gasteiger partial charge on any atom is 0.0707 e. The minimum atomic E-state index is -2.24. The molecule has 3 rings (SSSR count). The van der Waals surface area contributed by atoms with E-state index in [4.69, 9.17) is 6.85 Å². The molecule has 134 valence electrons. The predicted octanol–water partition coefficient (Wildman–Crippen LogP) is 7.28. The largest absolute Gasteiger partial charge is 0.256 e. The molecule has 0 radical (unpaired) electrons. The van der Waals surface area contributed by atoms with Crippen molar-refractivity contribution in [2.24, 2.45) is 0 Å². The Kier molecular flexibility index (Phi) is 3.69. The van der Waals surface area contributed by atoms with Gasteiger partial charge in [0.1, 0.15) is 0 Å². The van der Waals surface area contributed by atoms with Crippen LogP contribution < -0.4 is 0 Å². The zero-order chi connectivity index (χ0) is 23.2. The number of nitrogens with zero attached hydrogens (tertiary/aromatic N) is 1. The number of aryl methyl sites for hydroxylation is 2. The Morgan fingerprint density at radius 2 is 1.54 bits per heavy atom. The zero-order valence-corrected chi connectivity index (χ0v) is 16.1. The summed E-state index contributed by atoms with van der Waals surface area (Å²) in [6.45, 7) is 6.85. The summed E-state index contributed by atoms with van der Waals surface area (Å²) < 4.78 is 41.1. The van der Waals surface area contributed by atoms with Gasteiger partial charge in [0.25, 0.3) is 0 Å². The fourth-order valence-corrected chi connectivity index (χ4v) is 3.26. The molecular formula is C25H29N. The van der Waals surface area contributed by atoms with Crippen LogP contribution in [0, 0.1) is 13.8 Å². The smallest absolute Gasteiger partial charge is 0.0707 e. The fourth-order valence-electron chi connectivity index (χ4n) is 3.26. The van der Waals surface area contributed by atoms with Gasteiger partial charge in [0.2, 0.25) is 0 Å². The second-order valence-electron chi connectivity index (χ2n) is 7.19. The molecule has 0 aliphatic carbocycles. The van der Waals surface area contributed by atoms with Crippen LogP contribution in [0.25, 0.3) is 22.4 Å². The molecule has 0 aliphatic heterocycles. The topological polar surface area (TPSA) is 12.9 Å². The van der Waals surface area contributed by atoms with Crippen molar-refractivity contribution in [2.75, 3.05) is 0 Å². The van der Waals surface area contributed by atoms with Crippen LogP contribution in [0.15, 0.2) is 54.7 Å². The highest BCUT2D eigenvalue weighted by atomic mass is 14.7. The van der Waals surface area contributed by atoms with Gasteiger partial charge in [-0.25, -0.2) is 0 Å². The summed E-state index contributed by atoms with van der Waals surface area (Å²) in [6, 6.07) is 15.0. The predicted molar refractivity (Wildman–Crippen MR) is 113 cm³/mol. The lowest BCUT2D eigenvalue weighted by atomic mass is 9.89. The van der Waals surface area contributed by atoms with Gasteiger partial charge in [-0.1, -0.05) is 64.1 Å². The van der Waals surface area contributed by atoms with Gasteiger partial charge in [-0.15, -0.1) is 0 Å². The molecule has 1 nitrogen and oxygen atoms in total. The van der Waals surface area contributed by atoms with E-state index in [0.717, 1.165) is 27.8 Å². The Morgan fingerprint density at radius 3 is 2.15 bits per heavy atom. The summed E-state index contributed by atoms with van der Waals surface area (Å²) in [4.78, 5) is 4.63. The van der Waals surface area contributed by atoms with Gasteiger partial charge < -0.3 is 0 Å². The van der Waals surface area contributed by atoms with Crippen LogP contribution in [-0.2, 0) is 0 Å². The van der Waals surface area contributed by atoms with Crippen molar-refractivity contribution < 1.29 is 6.85 Å². The first-order valence-corrected chi connectivity index (χ1v) is 8.91. The normalized spacial score (nSPS) is 15.5. The highest BCUT2D eigenvalue weighted by Crippen LogP contribution is 2.34. The van der Waals surface area contributed by atoms with E-state index in [1.165, 1.54) is 0 Å². The molecular weight excluding hydrogens is 314 g/mol. The Balaban J connectivity index is 2.29. The summed E-state index contributed by atoms with van der Waals surface area (Å²) in [5, 5.41) is 0. The Bertz CT molecular complexity index is 1090. The minimum Gasteiger partial charge on any atom is -0.256 e. The molecule has 26 heavy (non-hydrogen) atoms. The molecule has 0 amide bonds. The molecule has 0 spiro atoms. The molecule has 0 saturated heterocycles. The summed E-state index contributed by atoms with van der Waals surface area (Å²) in [7, 11) is 0. The summed E-state index contributed by atoms with van der Waals surface area (Å²) in [6.07, 6.45) is 1.69. The standard InChI is InChI=1S/C25H29N/c1-16(2)21-14-25(26-15-24(21)17(3)4)23-13-22(18(5)12-19(23)6)20-10-8-7-9-11-20/h7-17H,1-6H3/i5D3,16D,17D. The molecule has 0 bridgehead atoms. The highest BCUT2D eigenvalue weighted by molar-refractivity contribution is 5.76. The van der Waals surface area contributed by atoms with E-state index in [0.29, 0.717) is 16.8 Å². The highest BCUT2D eigenvalue weighted by Gasteiger charge is 2.15. The number of hydrogen-bond acceptors (Lipinski definition) is 1. The summed E-state index contributed by atoms with van der Waals surface area (Å²) in [5.41, 5.74) is 5.57. The van der Waals surface area contributed by atoms with E-state index in [-0.39, 0.29) is 0 Å². The van der Waals surface area contributed by atoms with E-state index in [1.807, 2.05) is 49.4 Å². The third-order valence-electron chi connectivity index (χ3n) is 4.71. The lowest BCUT2D eigenvalue weighted by molar-refractivity contribution is 0.783. The lowest BCUT2D eigenvalue weighted by Gasteiger charge is -2.18. The van der Waals surface area contributed by atoms with Crippen LogP contribution in [-0.4, -0.2) is 4.98 Å². The van der Waals surface area contributed by atoms with Crippen molar-refractivity contribution in [1.29, 1.82) is 0 Å². The first-order chi connectivity index (χ1) is 14.2. The number of rotatable bonds is 4. The van der Waals surface area contributed by atoms with Crippen molar-refractivity contribution in [2.45, 2.75) is 53.3 Å². The fraction of sp³-hybridized carbons (Fsp3) is 0.320. The minimum absolute atomic E-state index is 0.310. The Morgan fingerprint density at radius 1 is 0.846 bits per heavy atom. The van der Waals surface area contributed by atoms with Crippen LogP contribution in [0.4, 0.5) is 0 Å². The van der Waals surface area contributed by atoms with E-state index in [1.54, 1.807) is 40.0 Å². The van der Waals surface area contributed by atoms with Crippen molar-refractivity contribution >= 4 is 0 Å². The molecule has 0 unspecified atom stereocenters. The molecule has 0 fully saturated rings. The molecule has 0 atom stereocenters. The van der Waals surface area contributed by atoms with Crippen molar-refractivity contribution in [3.63, 3.8) is 0 Å². The van der Waals surface area contributed by atoms with E-state index in [9.17, 15) is 0 Å². The van der Waals surface area contributed by atoms with Crippen molar-refractivity contribution in [3.05, 3.63) is 77.0 Å². The van der Waals surface area contributed by atoms with Crippen molar-refractivity contribution in [1.82, 2.24) is 4.98 Å². The first kappa shape index (κ1) is 12.9. The average Bonchev–Trinajstić information content (AvgIpc) is 2.66. The summed E-state index contributed by atoms with van der Waals surface area (Å²) in [5.74, 6) is -1.78. The van der Waals surface area contributed by atoms with Gasteiger partial charge >= 0.3 is 0 Å². The molecule has 1 heteroatoms. The molecule has 2 aromatic carbocycles. The van der Waals surface area contributed by atoms with Crippen LogP contribution in [0.1, 0.15) is 68.6 Å². The summed E-state index contributed by atoms with van der Waals surface area (Å²) >= 11 is 0. The van der Waals surface area contributed by atoms with E-state index < -0.39 is 18.6 Å². The maximum atomic E-state index is 8.61. The average molecular weight is 349 g/mol. The van der Waals surface area contributed by atoms with Crippen LogP contribution in [0.5, 0.6) is 0 Å². The quantitative estimate of drug-likeness (QED) is 0.483. The number of benzene rings is 2. The number of hydrogen-bond donors (Lipinski definition) is 0. The van der Waals surface area contributed by atoms with Gasteiger partial charge in [-0.2, -0.15) is 0 Å². The lowest BCUT2D eigenvalue weighted by Crippen LogP contribution is -2.02. The molecule has 0 N–H and O–H groups in total. The molecule has 0 aliphatic rings. The van der Waals surface area contributed by atoms with Gasteiger partial charge in [0.05, 0.1) is 5.69 Å². The zero-order valence-electron chi connectivity index (χ0n) is 21.1. The SMILES string of the molecule is [2H]C([2H])([2H])c1cc(C)c(-c2cc(C([2H])(C)C)c(C([2H])(C)C)cn2)cc1-c1ccccc1. The maximum absolute atomic E-state index is 8.61. The molecule has 1 heterocycles. The molecule has 0 saturated carbocycles. The van der Waals surface area contributed by atoms with Crippen LogP contribution >= 0.6 is 0 Å². The third kappa shape index (κ3) is 3.58. The van der Waals surface area contributed by atoms with Gasteiger partial charge in [0, 0.05) is 18.6 Å². The van der Waals surface area contributed by atoms with Gasteiger partial charge in [-0.3, -0.25) is 4.98 Å². The van der Waals surface area contributed by atoms with E-state index >= 15 is 0 Å². The van der Waals surface area contributed by atoms with Gasteiger partial charge in [0.15, 0.2) is 0 Å². The first-order valence-electron chi connectivity index (χ1n) is 11.4. The van der Waals surface area contributed by atoms with Crippen molar-refractivity contribution in [3.8, 4) is 22.4 Å². The Labute approximate surface area is 165 Å².